The Morgan fingerprint density at radius 3 is 2.50 bits per heavy atom. The summed E-state index contributed by atoms with van der Waals surface area (Å²) in [5, 5.41) is 3.89. The van der Waals surface area contributed by atoms with Gasteiger partial charge in [-0.1, -0.05) is 0 Å². The van der Waals surface area contributed by atoms with Crippen molar-refractivity contribution in [3.05, 3.63) is 5.56 Å². The summed E-state index contributed by atoms with van der Waals surface area (Å²) < 4.78 is 8.71. The van der Waals surface area contributed by atoms with Crippen LogP contribution in [-0.4, -0.2) is 47.5 Å². The van der Waals surface area contributed by atoms with Crippen LogP contribution < -0.4 is 11.1 Å². The minimum Gasteiger partial charge on any atom is -0.465 e. The van der Waals surface area contributed by atoms with E-state index in [0.717, 1.165) is 13.1 Å². The lowest BCUT2D eigenvalue weighted by molar-refractivity contribution is 0.0603. The molecule has 0 spiro atoms. The van der Waals surface area contributed by atoms with Gasteiger partial charge in [-0.05, 0) is 39.2 Å². The number of ether oxygens (including phenoxy) is 1. The van der Waals surface area contributed by atoms with Gasteiger partial charge in [-0.2, -0.15) is 4.37 Å². The number of nitrogens with one attached hydrogen (secondary N) is 1. The molecule has 0 saturated carbocycles. The lowest BCUT2D eigenvalue weighted by atomic mass is 10.2. The highest BCUT2D eigenvalue weighted by atomic mass is 32.1. The Bertz CT molecular complexity index is 438. The first-order valence-corrected chi connectivity index (χ1v) is 7.48. The van der Waals surface area contributed by atoms with Crippen molar-refractivity contribution in [1.82, 2.24) is 9.27 Å². The second kappa shape index (κ2) is 7.44. The molecule has 1 heterocycles. The monoisotopic (exact) mass is 300 g/mol. The van der Waals surface area contributed by atoms with Gasteiger partial charge in [0.25, 0.3) is 0 Å². The highest BCUT2D eigenvalue weighted by molar-refractivity contribution is 7.11. The minimum atomic E-state index is -0.455. The van der Waals surface area contributed by atoms with Crippen molar-refractivity contribution in [3.8, 4) is 0 Å². The second-order valence-electron chi connectivity index (χ2n) is 5.12. The van der Waals surface area contributed by atoms with Crippen LogP contribution >= 0.6 is 11.5 Å². The van der Waals surface area contributed by atoms with E-state index in [2.05, 4.69) is 42.3 Å². The molecule has 6 nitrogen and oxygen atoms in total. The van der Waals surface area contributed by atoms with Crippen LogP contribution in [-0.2, 0) is 4.74 Å². The number of aromatic nitrogens is 1. The third-order valence-electron chi connectivity index (χ3n) is 3.09. The Kier molecular flexibility index (Phi) is 6.22. The number of methoxy groups -OCH3 is 1. The van der Waals surface area contributed by atoms with E-state index in [1.165, 1.54) is 18.6 Å². The number of hydrogen-bond donors (Lipinski definition) is 2. The van der Waals surface area contributed by atoms with Crippen LogP contribution in [0.15, 0.2) is 0 Å². The number of nitrogens with two attached hydrogens (primary N) is 1. The molecule has 0 radical (unpaired) electrons. The maximum Gasteiger partial charge on any atom is 0.344 e. The predicted molar refractivity (Wildman–Crippen MR) is 83.3 cm³/mol. The van der Waals surface area contributed by atoms with Crippen LogP contribution in [0.3, 0.4) is 0 Å². The Hall–Kier alpha value is -1.34. The van der Waals surface area contributed by atoms with E-state index in [9.17, 15) is 4.79 Å². The molecule has 0 atom stereocenters. The van der Waals surface area contributed by atoms with Crippen LogP contribution in [0.1, 0.15) is 38.1 Å². The Morgan fingerprint density at radius 2 is 2.00 bits per heavy atom. The predicted octanol–water partition coefficient (Wildman–Crippen LogP) is 2.04. The number of rotatable bonds is 7. The van der Waals surface area contributed by atoms with Crippen molar-refractivity contribution in [1.29, 1.82) is 0 Å². The lowest BCUT2D eigenvalue weighted by Gasteiger charge is -2.30. The standard InChI is InChI=1S/C13H24N4O2S/c1-8(2)17(9(3)4)7-6-15-12-10(13(18)19-5)11(14)16-20-12/h8-9,15H,6-7H2,1-5H3,(H2,14,16). The second-order valence-corrected chi connectivity index (χ2v) is 5.89. The van der Waals surface area contributed by atoms with Gasteiger partial charge in [0.1, 0.15) is 10.6 Å². The first-order valence-electron chi connectivity index (χ1n) is 6.71. The lowest BCUT2D eigenvalue weighted by Crippen LogP contribution is -2.40. The Morgan fingerprint density at radius 1 is 1.40 bits per heavy atom. The van der Waals surface area contributed by atoms with E-state index in [4.69, 9.17) is 10.5 Å². The summed E-state index contributed by atoms with van der Waals surface area (Å²) in [6, 6.07) is 0.951. The van der Waals surface area contributed by atoms with E-state index in [-0.39, 0.29) is 5.82 Å². The fraction of sp³-hybridized carbons (Fsp3) is 0.692. The fourth-order valence-electron chi connectivity index (χ4n) is 2.13. The molecule has 0 aliphatic heterocycles. The van der Waals surface area contributed by atoms with Crippen molar-refractivity contribution in [2.75, 3.05) is 31.2 Å². The summed E-state index contributed by atoms with van der Waals surface area (Å²) in [5.74, 6) is -0.239. The molecular weight excluding hydrogens is 276 g/mol. The van der Waals surface area contributed by atoms with E-state index in [0.29, 0.717) is 22.6 Å². The zero-order valence-corrected chi connectivity index (χ0v) is 13.6. The van der Waals surface area contributed by atoms with Crippen molar-refractivity contribution >= 4 is 28.3 Å². The maximum atomic E-state index is 11.6. The number of carbonyl (C=O) groups excluding carboxylic acids is 1. The largest absolute Gasteiger partial charge is 0.465 e. The van der Waals surface area contributed by atoms with Gasteiger partial charge in [-0.25, -0.2) is 4.79 Å². The normalized spacial score (nSPS) is 11.4. The van der Waals surface area contributed by atoms with Crippen molar-refractivity contribution in [2.45, 2.75) is 39.8 Å². The van der Waals surface area contributed by atoms with E-state index < -0.39 is 5.97 Å². The zero-order valence-electron chi connectivity index (χ0n) is 12.8. The maximum absolute atomic E-state index is 11.6. The van der Waals surface area contributed by atoms with Gasteiger partial charge in [0, 0.05) is 25.2 Å². The molecule has 20 heavy (non-hydrogen) atoms. The molecule has 0 saturated heterocycles. The molecule has 0 aliphatic rings. The van der Waals surface area contributed by atoms with E-state index >= 15 is 0 Å². The summed E-state index contributed by atoms with van der Waals surface area (Å²) >= 11 is 1.18. The number of esters is 1. The van der Waals surface area contributed by atoms with Gasteiger partial charge in [0.05, 0.1) is 7.11 Å². The zero-order chi connectivity index (χ0) is 15.3. The van der Waals surface area contributed by atoms with Crippen LogP contribution in [0, 0.1) is 0 Å². The molecule has 0 unspecified atom stereocenters. The molecular formula is C13H24N4O2S. The number of nitrogens with zero attached hydrogens (tertiary/aromatic N) is 2. The summed E-state index contributed by atoms with van der Waals surface area (Å²) in [4.78, 5) is 14.0. The molecule has 0 amide bonds. The third-order valence-corrected chi connectivity index (χ3v) is 3.91. The van der Waals surface area contributed by atoms with Gasteiger partial charge in [0.15, 0.2) is 5.82 Å². The Balaban J connectivity index is 2.65. The summed E-state index contributed by atoms with van der Waals surface area (Å²) in [6.07, 6.45) is 0. The number of anilines is 2. The van der Waals surface area contributed by atoms with Crippen molar-refractivity contribution in [2.24, 2.45) is 0 Å². The van der Waals surface area contributed by atoms with Gasteiger partial charge < -0.3 is 15.8 Å². The summed E-state index contributed by atoms with van der Waals surface area (Å²) in [7, 11) is 1.34. The first kappa shape index (κ1) is 16.7. The molecule has 1 rings (SSSR count). The smallest absolute Gasteiger partial charge is 0.344 e. The van der Waals surface area contributed by atoms with E-state index in [1.807, 2.05) is 0 Å². The van der Waals surface area contributed by atoms with Crippen LogP contribution in [0.5, 0.6) is 0 Å². The fourth-order valence-corrected chi connectivity index (χ4v) is 2.86. The molecule has 1 aromatic rings. The minimum absolute atomic E-state index is 0.217. The summed E-state index contributed by atoms with van der Waals surface area (Å²) in [5.41, 5.74) is 6.03. The average Bonchev–Trinajstić information content (AvgIpc) is 2.74. The molecule has 0 aliphatic carbocycles. The third kappa shape index (κ3) is 4.08. The first-order chi connectivity index (χ1) is 9.38. The molecule has 7 heteroatoms. The molecule has 0 bridgehead atoms. The number of hydrogen-bond acceptors (Lipinski definition) is 7. The average molecular weight is 300 g/mol. The van der Waals surface area contributed by atoms with Crippen LogP contribution in [0.2, 0.25) is 0 Å². The van der Waals surface area contributed by atoms with Gasteiger partial charge in [-0.15, -0.1) is 0 Å². The topological polar surface area (TPSA) is 80.5 Å². The molecule has 3 N–H and O–H groups in total. The highest BCUT2D eigenvalue weighted by Crippen LogP contribution is 2.27. The van der Waals surface area contributed by atoms with Gasteiger partial charge in [-0.3, -0.25) is 4.90 Å². The van der Waals surface area contributed by atoms with Crippen LogP contribution in [0.25, 0.3) is 0 Å². The highest BCUT2D eigenvalue weighted by Gasteiger charge is 2.20. The van der Waals surface area contributed by atoms with Crippen LogP contribution in [0.4, 0.5) is 10.8 Å². The van der Waals surface area contributed by atoms with Crippen molar-refractivity contribution < 1.29 is 9.53 Å². The number of carbonyl (C=O) groups is 1. The Labute approximate surface area is 124 Å². The van der Waals surface area contributed by atoms with Crippen molar-refractivity contribution in [3.63, 3.8) is 0 Å². The van der Waals surface area contributed by atoms with Gasteiger partial charge in [0.2, 0.25) is 0 Å². The summed E-state index contributed by atoms with van der Waals surface area (Å²) in [6.45, 7) is 10.3. The van der Waals surface area contributed by atoms with Gasteiger partial charge >= 0.3 is 5.97 Å². The van der Waals surface area contributed by atoms with E-state index in [1.54, 1.807) is 0 Å². The molecule has 114 valence electrons. The quantitative estimate of drug-likeness (QED) is 0.750. The molecule has 0 fully saturated rings. The SMILES string of the molecule is COC(=O)c1c(N)nsc1NCCN(C(C)C)C(C)C. The molecule has 1 aromatic heterocycles. The number of nitrogen functional groups attached to an aromatic ring is 1. The molecule has 0 aromatic carbocycles.